The van der Waals surface area contributed by atoms with E-state index in [2.05, 4.69) is 48.5 Å². The molecule has 1 heterocycles. The van der Waals surface area contributed by atoms with Crippen molar-refractivity contribution in [1.82, 2.24) is 0 Å². The smallest absolute Gasteiger partial charge is 0.0705 e. The van der Waals surface area contributed by atoms with Crippen LogP contribution in [0.3, 0.4) is 0 Å². The van der Waals surface area contributed by atoms with Crippen molar-refractivity contribution in [2.24, 2.45) is 0 Å². The van der Waals surface area contributed by atoms with Gasteiger partial charge in [-0.2, -0.15) is 0 Å². The van der Waals surface area contributed by atoms with Crippen molar-refractivity contribution in [3.63, 3.8) is 0 Å². The molecule has 0 saturated heterocycles. The van der Waals surface area contributed by atoms with E-state index < -0.39 is 0 Å². The lowest BCUT2D eigenvalue weighted by Crippen LogP contribution is -1.85. The zero-order valence-corrected chi connectivity index (χ0v) is 16.1. The highest BCUT2D eigenvalue weighted by molar-refractivity contribution is 8.03. The molecule has 3 aromatic rings. The fourth-order valence-electron chi connectivity index (χ4n) is 2.08. The minimum absolute atomic E-state index is 0.489. The molecule has 0 N–H and O–H groups in total. The van der Waals surface area contributed by atoms with Gasteiger partial charge in [-0.25, -0.2) is 0 Å². The first kappa shape index (κ1) is 17.2. The predicted molar refractivity (Wildman–Crippen MR) is 105 cm³/mol. The second kappa shape index (κ2) is 8.50. The topological polar surface area (TPSA) is 0 Å². The third-order valence-corrected chi connectivity index (χ3v) is 7.49. The molecule has 0 bridgehead atoms. The van der Waals surface area contributed by atoms with Crippen LogP contribution in [0, 0.1) is 0 Å². The van der Waals surface area contributed by atoms with Crippen molar-refractivity contribution in [2.45, 2.75) is 30.0 Å². The molecule has 0 unspecified atom stereocenters. The van der Waals surface area contributed by atoms with Crippen LogP contribution in [-0.2, 0) is 11.8 Å². The molecule has 23 heavy (non-hydrogen) atoms. The lowest BCUT2D eigenvalue weighted by Gasteiger charge is -2.03. The predicted octanol–water partition coefficient (Wildman–Crippen LogP) is 7.53. The number of rotatable bonds is 6. The number of hydrogen-bond acceptors (Lipinski definition) is 3. The number of halogens is 2. The second-order valence-electron chi connectivity index (χ2n) is 4.73. The van der Waals surface area contributed by atoms with Crippen LogP contribution >= 0.6 is 58.1 Å². The van der Waals surface area contributed by atoms with E-state index in [1.807, 2.05) is 12.1 Å². The molecule has 118 valence electrons. The molecule has 0 radical (unpaired) electrons. The third-order valence-electron chi connectivity index (χ3n) is 3.22. The van der Waals surface area contributed by atoms with Crippen LogP contribution in [0.2, 0.25) is 0 Å². The number of thiophene rings is 1. The number of alkyl halides is 2. The summed E-state index contributed by atoms with van der Waals surface area (Å²) in [5.74, 6) is 0.978. The molecule has 1 aromatic heterocycles. The first-order chi connectivity index (χ1) is 11.3. The van der Waals surface area contributed by atoms with Gasteiger partial charge in [0.1, 0.15) is 0 Å². The molecule has 0 amide bonds. The van der Waals surface area contributed by atoms with Crippen LogP contribution in [-0.4, -0.2) is 0 Å². The Morgan fingerprint density at radius 2 is 1.04 bits per heavy atom. The van der Waals surface area contributed by atoms with Gasteiger partial charge in [0.25, 0.3) is 0 Å². The quantitative estimate of drug-likeness (QED) is 0.394. The Bertz CT molecular complexity index is 691. The molecule has 0 fully saturated rings. The van der Waals surface area contributed by atoms with Crippen molar-refractivity contribution in [1.29, 1.82) is 0 Å². The first-order valence-electron chi connectivity index (χ1n) is 7.04. The summed E-state index contributed by atoms with van der Waals surface area (Å²) in [4.78, 5) is 2.44. The van der Waals surface area contributed by atoms with Crippen LogP contribution in [0.15, 0.2) is 78.9 Å². The lowest BCUT2D eigenvalue weighted by atomic mass is 10.2. The van der Waals surface area contributed by atoms with Crippen molar-refractivity contribution in [2.75, 3.05) is 0 Å². The van der Waals surface area contributed by atoms with Gasteiger partial charge in [-0.05, 0) is 35.4 Å². The van der Waals surface area contributed by atoms with Crippen molar-refractivity contribution in [3.8, 4) is 0 Å². The van der Waals surface area contributed by atoms with Crippen LogP contribution in [0.25, 0.3) is 0 Å². The molecule has 3 rings (SSSR count). The highest BCUT2D eigenvalue weighted by Crippen LogP contribution is 2.46. The van der Waals surface area contributed by atoms with E-state index in [1.54, 1.807) is 34.9 Å². The summed E-state index contributed by atoms with van der Waals surface area (Å²) in [6.07, 6.45) is 0. The van der Waals surface area contributed by atoms with E-state index in [9.17, 15) is 0 Å². The summed E-state index contributed by atoms with van der Waals surface area (Å²) in [6, 6.07) is 20.7. The van der Waals surface area contributed by atoms with E-state index in [-0.39, 0.29) is 0 Å². The van der Waals surface area contributed by atoms with E-state index in [0.29, 0.717) is 11.8 Å². The maximum Gasteiger partial charge on any atom is 0.0705 e. The Hall–Kier alpha value is -0.580. The maximum atomic E-state index is 6.22. The molecular weight excluding hydrogens is 383 g/mol. The Morgan fingerprint density at radius 3 is 1.39 bits per heavy atom. The zero-order valence-electron chi connectivity index (χ0n) is 12.2. The molecule has 0 saturated carbocycles. The van der Waals surface area contributed by atoms with Crippen molar-refractivity contribution >= 4 is 58.1 Å². The second-order valence-corrected chi connectivity index (χ2v) is 8.97. The SMILES string of the molecule is ClCc1c(Sc2ccccc2)sc(Sc2ccccc2)c1CCl. The van der Waals surface area contributed by atoms with E-state index in [0.717, 1.165) is 0 Å². The van der Waals surface area contributed by atoms with Crippen LogP contribution in [0.1, 0.15) is 11.1 Å². The van der Waals surface area contributed by atoms with Crippen LogP contribution < -0.4 is 0 Å². The number of hydrogen-bond donors (Lipinski definition) is 0. The molecule has 0 nitrogen and oxygen atoms in total. The van der Waals surface area contributed by atoms with Gasteiger partial charge in [-0.15, -0.1) is 34.5 Å². The first-order valence-corrected chi connectivity index (χ1v) is 10.6. The lowest BCUT2D eigenvalue weighted by molar-refractivity contribution is 1.22. The number of benzene rings is 2. The average molecular weight is 397 g/mol. The molecule has 0 aliphatic heterocycles. The maximum absolute atomic E-state index is 6.22. The summed E-state index contributed by atoms with van der Waals surface area (Å²) in [7, 11) is 0. The molecule has 0 aliphatic rings. The van der Waals surface area contributed by atoms with Crippen molar-refractivity contribution < 1.29 is 0 Å². The van der Waals surface area contributed by atoms with Gasteiger partial charge in [0.15, 0.2) is 0 Å². The highest BCUT2D eigenvalue weighted by atomic mass is 35.5. The van der Waals surface area contributed by atoms with Gasteiger partial charge in [-0.3, -0.25) is 0 Å². The Balaban J connectivity index is 1.94. The minimum Gasteiger partial charge on any atom is -0.121 e. The molecular formula is C18H14Cl2S3. The van der Waals surface area contributed by atoms with Gasteiger partial charge < -0.3 is 0 Å². The Labute approximate surface area is 159 Å². The molecule has 5 heteroatoms. The minimum atomic E-state index is 0.489. The fourth-order valence-corrected chi connectivity index (χ4v) is 7.01. The molecule has 2 aromatic carbocycles. The van der Waals surface area contributed by atoms with Crippen LogP contribution in [0.4, 0.5) is 0 Å². The largest absolute Gasteiger partial charge is 0.121 e. The molecule has 0 aliphatic carbocycles. The average Bonchev–Trinajstić information content (AvgIpc) is 2.92. The highest BCUT2D eigenvalue weighted by Gasteiger charge is 2.18. The van der Waals surface area contributed by atoms with Gasteiger partial charge in [0.2, 0.25) is 0 Å². The fraction of sp³-hybridized carbons (Fsp3) is 0.111. The summed E-state index contributed by atoms with van der Waals surface area (Å²) in [6.45, 7) is 0. The van der Waals surface area contributed by atoms with E-state index in [1.165, 1.54) is 29.3 Å². The van der Waals surface area contributed by atoms with Gasteiger partial charge >= 0.3 is 0 Å². The standard InChI is InChI=1S/C18H14Cl2S3/c19-11-15-16(12-20)18(22-14-9-5-2-6-10-14)23-17(15)21-13-7-3-1-4-8-13/h1-10H,11-12H2. The van der Waals surface area contributed by atoms with E-state index in [4.69, 9.17) is 23.2 Å². The van der Waals surface area contributed by atoms with Gasteiger partial charge in [-0.1, -0.05) is 59.9 Å². The summed E-state index contributed by atoms with van der Waals surface area (Å²) in [5.41, 5.74) is 2.33. The Kier molecular flexibility index (Phi) is 6.37. The molecule has 0 spiro atoms. The Morgan fingerprint density at radius 1 is 0.652 bits per heavy atom. The monoisotopic (exact) mass is 396 g/mol. The van der Waals surface area contributed by atoms with Gasteiger partial charge in [0.05, 0.1) is 8.42 Å². The van der Waals surface area contributed by atoms with Gasteiger partial charge in [0, 0.05) is 21.6 Å². The zero-order chi connectivity index (χ0) is 16.1. The normalized spacial score (nSPS) is 10.9. The molecule has 0 atom stereocenters. The third kappa shape index (κ3) is 4.28. The van der Waals surface area contributed by atoms with E-state index >= 15 is 0 Å². The summed E-state index contributed by atoms with van der Waals surface area (Å²) >= 11 is 17.8. The van der Waals surface area contributed by atoms with Crippen molar-refractivity contribution in [3.05, 3.63) is 71.8 Å². The summed E-state index contributed by atoms with van der Waals surface area (Å²) < 4.78 is 2.47. The van der Waals surface area contributed by atoms with Crippen LogP contribution in [0.5, 0.6) is 0 Å². The summed E-state index contributed by atoms with van der Waals surface area (Å²) in [5, 5.41) is 0.